The van der Waals surface area contributed by atoms with Gasteiger partial charge in [-0.15, -0.1) is 0 Å². The van der Waals surface area contributed by atoms with Crippen molar-refractivity contribution >= 4 is 17.4 Å². The highest BCUT2D eigenvalue weighted by molar-refractivity contribution is 6.25. The SMILES string of the molecule is CC[C@@]1(C=CCl)O[C@@H](n2cc(F)c(N)nc2=O)[C@@H](F)[C@@H]1C. The normalized spacial score (nSPS) is 32.9. The molecule has 1 fully saturated rings. The largest absolute Gasteiger partial charge is 0.381 e. The number of nitrogen functional groups attached to an aromatic ring is 1. The van der Waals surface area contributed by atoms with Gasteiger partial charge in [0.1, 0.15) is 0 Å². The second-order valence-corrected chi connectivity index (χ2v) is 5.26. The van der Waals surface area contributed by atoms with Crippen molar-refractivity contribution in [3.63, 3.8) is 0 Å². The Hall–Kier alpha value is -1.47. The lowest BCUT2D eigenvalue weighted by atomic mass is 9.85. The van der Waals surface area contributed by atoms with E-state index in [1.54, 1.807) is 6.92 Å². The van der Waals surface area contributed by atoms with Gasteiger partial charge in [0.15, 0.2) is 24.0 Å². The average molecular weight is 320 g/mol. The van der Waals surface area contributed by atoms with Crippen LogP contribution in [0.5, 0.6) is 0 Å². The maximum Gasteiger partial charge on any atom is 0.351 e. The van der Waals surface area contributed by atoms with Crippen molar-refractivity contribution in [3.05, 3.63) is 34.1 Å². The van der Waals surface area contributed by atoms with Crippen molar-refractivity contribution in [2.24, 2.45) is 5.92 Å². The Bertz CT molecular complexity index is 622. The Kier molecular flexibility index (Phi) is 4.34. The lowest BCUT2D eigenvalue weighted by Crippen LogP contribution is -2.33. The molecule has 0 spiro atoms. The lowest BCUT2D eigenvalue weighted by molar-refractivity contribution is -0.0643. The van der Waals surface area contributed by atoms with E-state index in [1.165, 1.54) is 11.6 Å². The number of hydrogen-bond donors (Lipinski definition) is 1. The zero-order valence-electron chi connectivity index (χ0n) is 11.6. The summed E-state index contributed by atoms with van der Waals surface area (Å²) in [5.41, 5.74) is 4.64. The van der Waals surface area contributed by atoms with E-state index in [4.69, 9.17) is 22.1 Å². The van der Waals surface area contributed by atoms with Gasteiger partial charge in [-0.2, -0.15) is 4.98 Å². The molecule has 0 aliphatic carbocycles. The molecule has 2 N–H and O–H groups in total. The van der Waals surface area contributed by atoms with Crippen molar-refractivity contribution < 1.29 is 13.5 Å². The van der Waals surface area contributed by atoms with Crippen molar-refractivity contribution in [3.8, 4) is 0 Å². The van der Waals surface area contributed by atoms with Gasteiger partial charge in [0.05, 0.1) is 11.8 Å². The second kappa shape index (κ2) is 5.73. The Morgan fingerprint density at radius 3 is 2.90 bits per heavy atom. The molecule has 0 amide bonds. The summed E-state index contributed by atoms with van der Waals surface area (Å²) >= 11 is 5.59. The molecule has 0 unspecified atom stereocenters. The topological polar surface area (TPSA) is 70.1 Å². The number of nitrogens with two attached hydrogens (primary N) is 1. The van der Waals surface area contributed by atoms with Gasteiger partial charge in [0.25, 0.3) is 0 Å². The molecule has 0 aromatic carbocycles. The molecule has 2 heterocycles. The first-order chi connectivity index (χ1) is 9.86. The molecule has 2 rings (SSSR count). The van der Waals surface area contributed by atoms with Crippen molar-refractivity contribution in [1.82, 2.24) is 9.55 Å². The monoisotopic (exact) mass is 319 g/mol. The number of halogens is 3. The summed E-state index contributed by atoms with van der Waals surface area (Å²) in [5.74, 6) is -1.99. The van der Waals surface area contributed by atoms with Gasteiger partial charge in [-0.25, -0.2) is 13.6 Å². The molecule has 5 nitrogen and oxygen atoms in total. The molecule has 8 heteroatoms. The molecule has 0 bridgehead atoms. The minimum absolute atomic E-state index is 0.452. The van der Waals surface area contributed by atoms with E-state index in [2.05, 4.69) is 4.98 Å². The number of nitrogens with zero attached hydrogens (tertiary/aromatic N) is 2. The Labute approximate surface area is 125 Å². The van der Waals surface area contributed by atoms with E-state index < -0.39 is 41.2 Å². The maximum absolute atomic E-state index is 14.5. The number of anilines is 1. The number of aromatic nitrogens is 2. The van der Waals surface area contributed by atoms with Crippen LogP contribution in [0.3, 0.4) is 0 Å². The third-order valence-corrected chi connectivity index (χ3v) is 4.09. The van der Waals surface area contributed by atoms with Gasteiger partial charge in [-0.1, -0.05) is 25.4 Å². The first-order valence-corrected chi connectivity index (χ1v) is 6.94. The van der Waals surface area contributed by atoms with Crippen LogP contribution in [0.25, 0.3) is 0 Å². The van der Waals surface area contributed by atoms with E-state index >= 15 is 0 Å². The van der Waals surface area contributed by atoms with Crippen LogP contribution in [-0.2, 0) is 4.74 Å². The van der Waals surface area contributed by atoms with E-state index in [1.807, 2.05) is 6.92 Å². The van der Waals surface area contributed by atoms with E-state index in [9.17, 15) is 13.6 Å². The molecular weight excluding hydrogens is 304 g/mol. The van der Waals surface area contributed by atoms with E-state index in [0.717, 1.165) is 10.8 Å². The summed E-state index contributed by atoms with van der Waals surface area (Å²) in [4.78, 5) is 15.1. The summed E-state index contributed by atoms with van der Waals surface area (Å²) in [7, 11) is 0. The molecule has 1 aromatic rings. The fourth-order valence-electron chi connectivity index (χ4n) is 2.58. The van der Waals surface area contributed by atoms with Gasteiger partial charge in [0, 0.05) is 11.5 Å². The third-order valence-electron chi connectivity index (χ3n) is 3.97. The summed E-state index contributed by atoms with van der Waals surface area (Å²) in [6.45, 7) is 3.46. The fraction of sp³-hybridized carbons (Fsp3) is 0.538. The molecule has 1 saturated heterocycles. The summed E-state index contributed by atoms with van der Waals surface area (Å²) in [5, 5.41) is 0. The van der Waals surface area contributed by atoms with Crippen LogP contribution >= 0.6 is 11.6 Å². The van der Waals surface area contributed by atoms with Crippen LogP contribution < -0.4 is 11.4 Å². The van der Waals surface area contributed by atoms with Crippen molar-refractivity contribution in [1.29, 1.82) is 0 Å². The van der Waals surface area contributed by atoms with E-state index in [0.29, 0.717) is 6.42 Å². The summed E-state index contributed by atoms with van der Waals surface area (Å²) in [6.07, 6.45) is 0.0136. The molecule has 116 valence electrons. The van der Waals surface area contributed by atoms with Crippen LogP contribution in [0.2, 0.25) is 0 Å². The summed E-state index contributed by atoms with van der Waals surface area (Å²) in [6, 6.07) is 0. The van der Waals surface area contributed by atoms with Crippen LogP contribution in [0, 0.1) is 11.7 Å². The molecule has 1 aliphatic rings. The van der Waals surface area contributed by atoms with Crippen LogP contribution in [0.4, 0.5) is 14.6 Å². The Morgan fingerprint density at radius 1 is 1.67 bits per heavy atom. The van der Waals surface area contributed by atoms with Gasteiger partial charge < -0.3 is 10.5 Å². The molecule has 1 aromatic heterocycles. The first-order valence-electron chi connectivity index (χ1n) is 6.50. The van der Waals surface area contributed by atoms with E-state index in [-0.39, 0.29) is 0 Å². The zero-order valence-corrected chi connectivity index (χ0v) is 12.3. The maximum atomic E-state index is 14.5. The minimum Gasteiger partial charge on any atom is -0.381 e. The summed E-state index contributed by atoms with van der Waals surface area (Å²) < 4.78 is 34.5. The van der Waals surface area contributed by atoms with Crippen molar-refractivity contribution in [2.45, 2.75) is 38.3 Å². The highest BCUT2D eigenvalue weighted by atomic mass is 35.5. The van der Waals surface area contributed by atoms with Crippen molar-refractivity contribution in [2.75, 3.05) is 5.73 Å². The van der Waals surface area contributed by atoms with Gasteiger partial charge in [-0.3, -0.25) is 4.57 Å². The minimum atomic E-state index is -1.51. The quantitative estimate of drug-likeness (QED) is 0.928. The molecule has 0 radical (unpaired) electrons. The number of rotatable bonds is 3. The first kappa shape index (κ1) is 15.9. The van der Waals surface area contributed by atoms with Gasteiger partial charge in [0.2, 0.25) is 0 Å². The average Bonchev–Trinajstić information content (AvgIpc) is 2.69. The lowest BCUT2D eigenvalue weighted by Gasteiger charge is -2.27. The standard InChI is InChI=1S/C13H16ClF2N3O2/c1-3-13(4-5-14)7(2)9(16)11(21-13)19-6-8(15)10(17)18-12(19)20/h4-7,9,11H,3H2,1-2H3,(H2,17,18,20)/t7-,9-,11+,13-/m0/s1. The predicted molar refractivity (Wildman–Crippen MR) is 75.1 cm³/mol. The number of hydrogen-bond acceptors (Lipinski definition) is 4. The highest BCUT2D eigenvalue weighted by Gasteiger charge is 2.52. The van der Waals surface area contributed by atoms with Crippen LogP contribution in [0.15, 0.2) is 22.6 Å². The molecule has 4 atom stereocenters. The predicted octanol–water partition coefficient (Wildman–Crippen LogP) is 2.37. The van der Waals surface area contributed by atoms with Gasteiger partial charge >= 0.3 is 5.69 Å². The fourth-order valence-corrected chi connectivity index (χ4v) is 2.80. The smallest absolute Gasteiger partial charge is 0.351 e. The zero-order chi connectivity index (χ0) is 15.8. The van der Waals surface area contributed by atoms with Crippen LogP contribution in [-0.4, -0.2) is 21.3 Å². The van der Waals surface area contributed by atoms with Crippen LogP contribution in [0.1, 0.15) is 26.5 Å². The Balaban J connectivity index is 2.47. The molecule has 21 heavy (non-hydrogen) atoms. The second-order valence-electron chi connectivity index (χ2n) is 5.01. The number of alkyl halides is 1. The molecular formula is C13H16ClF2N3O2. The molecule has 0 saturated carbocycles. The highest BCUT2D eigenvalue weighted by Crippen LogP contribution is 2.45. The van der Waals surface area contributed by atoms with Gasteiger partial charge in [-0.05, 0) is 12.5 Å². The number of ether oxygens (including phenoxy) is 1. The Morgan fingerprint density at radius 2 is 2.33 bits per heavy atom. The third kappa shape index (κ3) is 2.55. The molecule has 1 aliphatic heterocycles.